The minimum absolute atomic E-state index is 0.302. The summed E-state index contributed by atoms with van der Waals surface area (Å²) in [5.41, 5.74) is 0. The molecule has 4 aliphatic rings. The summed E-state index contributed by atoms with van der Waals surface area (Å²) in [6.07, 6.45) is 12.1. The van der Waals surface area contributed by atoms with E-state index < -0.39 is 18.4 Å². The summed E-state index contributed by atoms with van der Waals surface area (Å²) in [5, 5.41) is 0. The van der Waals surface area contributed by atoms with E-state index in [1.165, 1.54) is 57.8 Å². The van der Waals surface area contributed by atoms with Gasteiger partial charge in [-0.15, -0.1) is 0 Å². The fourth-order valence-electron chi connectivity index (χ4n) is 6.90. The summed E-state index contributed by atoms with van der Waals surface area (Å²) < 4.78 is 1.08. The Bertz CT molecular complexity index is 517. The molecule has 3 nitrogen and oxygen atoms in total. The summed E-state index contributed by atoms with van der Waals surface area (Å²) in [6.45, 7) is 2.04. The standard InChI is InChI=1S/C19H31N2O.3CH3.Sn/c1-20-15-9-10-17(20)18(19(22)21-11-5-6-12-21)16(13-15)14-7-3-2-4-8-14;;;;/h2,14-18H,3-13H2,1H3;3*1H3;/t15-,16-,17?,18?;;;;/m1..../s1. The number of carbonyl (C=O) groups is 1. The Morgan fingerprint density at radius 1 is 0.923 bits per heavy atom. The van der Waals surface area contributed by atoms with Gasteiger partial charge < -0.3 is 0 Å². The molecule has 0 radical (unpaired) electrons. The van der Waals surface area contributed by atoms with Crippen molar-refractivity contribution >= 4 is 24.3 Å². The fraction of sp³-hybridized carbons (Fsp3) is 0.955. The Balaban J connectivity index is 1.51. The molecule has 2 unspecified atom stereocenters. The molecule has 3 aliphatic heterocycles. The molecular weight excluding hydrogens is 427 g/mol. The van der Waals surface area contributed by atoms with Crippen LogP contribution in [-0.4, -0.2) is 66.3 Å². The third-order valence-corrected chi connectivity index (χ3v) is 17.3. The number of amides is 1. The van der Waals surface area contributed by atoms with Crippen LogP contribution >= 0.6 is 0 Å². The molecule has 4 atom stereocenters. The second kappa shape index (κ2) is 7.57. The third kappa shape index (κ3) is 3.60. The number of fused-ring (bicyclic) bond motifs is 2. The predicted molar refractivity (Wildman–Crippen MR) is 111 cm³/mol. The Morgan fingerprint density at radius 2 is 1.58 bits per heavy atom. The number of rotatable bonds is 3. The number of carbonyl (C=O) groups excluding carboxylic acids is 1. The van der Waals surface area contributed by atoms with Crippen molar-refractivity contribution in [3.63, 3.8) is 0 Å². The van der Waals surface area contributed by atoms with Gasteiger partial charge in [-0.25, -0.2) is 0 Å². The monoisotopic (exact) mass is 468 g/mol. The number of nitrogens with zero attached hydrogens (tertiary/aromatic N) is 2. The summed E-state index contributed by atoms with van der Waals surface area (Å²) in [4.78, 5) is 26.2. The van der Waals surface area contributed by atoms with Crippen molar-refractivity contribution in [2.24, 2.45) is 17.8 Å². The zero-order valence-corrected chi connectivity index (χ0v) is 20.4. The number of piperidine rings is 1. The van der Waals surface area contributed by atoms with Gasteiger partial charge in [0.2, 0.25) is 0 Å². The average Bonchev–Trinajstić information content (AvgIpc) is 3.20. The first-order valence-electron chi connectivity index (χ1n) is 11.4. The van der Waals surface area contributed by atoms with Crippen LogP contribution in [0.15, 0.2) is 0 Å². The number of hydrogen-bond donors (Lipinski definition) is 0. The van der Waals surface area contributed by atoms with Crippen LogP contribution in [0.1, 0.15) is 57.8 Å². The first kappa shape index (κ1) is 19.5. The molecule has 0 aromatic heterocycles. The molecule has 0 spiro atoms. The summed E-state index contributed by atoms with van der Waals surface area (Å²) in [5.74, 6) is 2.33. The Morgan fingerprint density at radius 3 is 2.19 bits per heavy atom. The second-order valence-corrected chi connectivity index (χ2v) is 26.7. The van der Waals surface area contributed by atoms with Gasteiger partial charge in [-0.05, 0) is 0 Å². The average molecular weight is 467 g/mol. The maximum atomic E-state index is 13.5. The molecule has 2 bridgehead atoms. The van der Waals surface area contributed by atoms with Gasteiger partial charge in [-0.3, -0.25) is 0 Å². The zero-order chi connectivity index (χ0) is 18.5. The summed E-state index contributed by atoms with van der Waals surface area (Å²) in [7, 11) is 2.30. The molecule has 0 aromatic rings. The molecular formula is C22H40N2OSn. The molecule has 3 saturated heterocycles. The predicted octanol–water partition coefficient (Wildman–Crippen LogP) is 4.61. The van der Waals surface area contributed by atoms with Gasteiger partial charge in [0, 0.05) is 0 Å². The molecule has 0 N–H and O–H groups in total. The normalized spacial score (nSPS) is 41.6. The zero-order valence-electron chi connectivity index (χ0n) is 17.5. The van der Waals surface area contributed by atoms with Crippen LogP contribution in [0.25, 0.3) is 0 Å². The summed E-state index contributed by atoms with van der Waals surface area (Å²) in [6, 6.07) is 1.29. The van der Waals surface area contributed by atoms with Crippen LogP contribution in [0.4, 0.5) is 0 Å². The van der Waals surface area contributed by atoms with Crippen LogP contribution in [0.2, 0.25) is 18.8 Å². The van der Waals surface area contributed by atoms with E-state index in [1.807, 2.05) is 0 Å². The van der Waals surface area contributed by atoms with Crippen LogP contribution in [0.5, 0.6) is 0 Å². The van der Waals surface area contributed by atoms with Crippen molar-refractivity contribution in [2.75, 3.05) is 20.1 Å². The van der Waals surface area contributed by atoms with E-state index in [-0.39, 0.29) is 0 Å². The van der Waals surface area contributed by atoms with Gasteiger partial charge in [-0.2, -0.15) is 0 Å². The van der Waals surface area contributed by atoms with Gasteiger partial charge >= 0.3 is 165 Å². The number of likely N-dealkylation sites (tertiary alicyclic amines) is 1. The van der Waals surface area contributed by atoms with E-state index in [2.05, 4.69) is 31.7 Å². The van der Waals surface area contributed by atoms with Crippen LogP contribution in [0.3, 0.4) is 0 Å². The van der Waals surface area contributed by atoms with Crippen molar-refractivity contribution in [3.8, 4) is 0 Å². The first-order valence-corrected chi connectivity index (χ1v) is 21.6. The maximum absolute atomic E-state index is 13.5. The molecule has 26 heavy (non-hydrogen) atoms. The third-order valence-electron chi connectivity index (χ3n) is 8.62. The SMILES string of the molecule is CN1C2CC[C@@H]1C[C@H](C1CC[CH]([Sn]([CH3])([CH3])[CH3])CC1)C2C(=O)N1CCCC1. The molecule has 4 fully saturated rings. The molecule has 0 aromatic carbocycles. The number of hydrogen-bond acceptors (Lipinski definition) is 2. The topological polar surface area (TPSA) is 23.6 Å². The Labute approximate surface area is 165 Å². The first-order chi connectivity index (χ1) is 12.4. The van der Waals surface area contributed by atoms with Crippen molar-refractivity contribution in [2.45, 2.75) is 88.6 Å². The van der Waals surface area contributed by atoms with Gasteiger partial charge in [0.1, 0.15) is 0 Å². The van der Waals surface area contributed by atoms with E-state index in [1.54, 1.807) is 0 Å². The van der Waals surface area contributed by atoms with Gasteiger partial charge in [0.05, 0.1) is 0 Å². The van der Waals surface area contributed by atoms with Gasteiger partial charge in [-0.1, -0.05) is 0 Å². The summed E-state index contributed by atoms with van der Waals surface area (Å²) >= 11 is -1.75. The molecule has 3 heterocycles. The van der Waals surface area contributed by atoms with Crippen LogP contribution < -0.4 is 0 Å². The van der Waals surface area contributed by atoms with Crippen molar-refractivity contribution in [1.82, 2.24) is 9.80 Å². The van der Waals surface area contributed by atoms with Crippen molar-refractivity contribution in [1.29, 1.82) is 0 Å². The van der Waals surface area contributed by atoms with Crippen LogP contribution in [-0.2, 0) is 4.79 Å². The van der Waals surface area contributed by atoms with E-state index in [0.29, 0.717) is 23.8 Å². The Hall–Kier alpha value is 0.229. The molecule has 148 valence electrons. The van der Waals surface area contributed by atoms with E-state index in [0.717, 1.165) is 29.0 Å². The van der Waals surface area contributed by atoms with E-state index in [9.17, 15) is 4.79 Å². The Kier molecular flexibility index (Phi) is 5.69. The molecule has 1 saturated carbocycles. The van der Waals surface area contributed by atoms with Crippen molar-refractivity contribution in [3.05, 3.63) is 0 Å². The van der Waals surface area contributed by atoms with Crippen LogP contribution in [0, 0.1) is 17.8 Å². The van der Waals surface area contributed by atoms with Crippen molar-refractivity contribution < 1.29 is 4.79 Å². The van der Waals surface area contributed by atoms with Gasteiger partial charge in [0.15, 0.2) is 0 Å². The molecule has 1 aliphatic carbocycles. The fourth-order valence-corrected chi connectivity index (χ4v) is 12.8. The van der Waals surface area contributed by atoms with E-state index >= 15 is 0 Å². The second-order valence-electron chi connectivity index (χ2n) is 10.9. The van der Waals surface area contributed by atoms with E-state index in [4.69, 9.17) is 0 Å². The quantitative estimate of drug-likeness (QED) is 0.567. The minimum atomic E-state index is -1.75. The van der Waals surface area contributed by atoms with Gasteiger partial charge in [0.25, 0.3) is 0 Å². The molecule has 4 rings (SSSR count). The molecule has 4 heteroatoms. The molecule has 1 amide bonds.